The maximum Gasteiger partial charge on any atom is 0.310 e. The summed E-state index contributed by atoms with van der Waals surface area (Å²) in [7, 11) is 0. The number of carbonyl (C=O) groups excluding carboxylic acids is 1. The Balaban J connectivity index is 1.51. The molecule has 0 unspecified atom stereocenters. The number of rotatable bonds is 7. The van der Waals surface area contributed by atoms with Crippen LogP contribution in [0.4, 0.5) is 10.1 Å². The number of anilines is 1. The Morgan fingerprint density at radius 1 is 1.02 bits per heavy atom. The van der Waals surface area contributed by atoms with E-state index in [2.05, 4.69) is 48.2 Å². The molecule has 0 atom stereocenters. The molecule has 5 nitrogen and oxygen atoms in total. The monoisotopic (exact) mass is 561 g/mol. The van der Waals surface area contributed by atoms with Gasteiger partial charge in [0.1, 0.15) is 5.82 Å². The van der Waals surface area contributed by atoms with Gasteiger partial charge in [-0.2, -0.15) is 0 Å². The van der Waals surface area contributed by atoms with Gasteiger partial charge in [0.05, 0.1) is 18.2 Å². The molecule has 0 saturated carbocycles. The molecule has 0 radical (unpaired) electrons. The van der Waals surface area contributed by atoms with E-state index in [4.69, 9.17) is 9.72 Å². The first kappa shape index (κ1) is 28.6. The fourth-order valence-electron chi connectivity index (χ4n) is 5.79. The Labute approximate surface area is 242 Å². The second-order valence-corrected chi connectivity index (χ2v) is 13.3. The molecular weight excluding hydrogens is 521 g/mol. The van der Waals surface area contributed by atoms with Gasteiger partial charge >= 0.3 is 5.97 Å². The van der Waals surface area contributed by atoms with Crippen molar-refractivity contribution < 1.29 is 13.9 Å². The van der Waals surface area contributed by atoms with E-state index in [1.54, 1.807) is 11.9 Å². The highest BCUT2D eigenvalue weighted by atomic mass is 32.2. The zero-order valence-electron chi connectivity index (χ0n) is 24.5. The standard InChI is InChI=1S/C33H40FN3O2S/c1-21(2)39-30(38)18-29-22(3)35-23(4)31(32(29)36-15-13-33(5,6)14-16-36)24-7-8-25-19-37(20-26(25)17-24)40-28-11-9-27(34)10-12-28/h7-12,17,21H,13-16,18-20H2,1-6H3. The highest BCUT2D eigenvalue weighted by Crippen LogP contribution is 2.43. The molecular formula is C33H40FN3O2S. The van der Waals surface area contributed by atoms with Gasteiger partial charge in [-0.1, -0.05) is 26.0 Å². The number of halogens is 1. The lowest BCUT2D eigenvalue weighted by atomic mass is 9.82. The van der Waals surface area contributed by atoms with Gasteiger partial charge in [0.25, 0.3) is 0 Å². The number of carbonyl (C=O) groups is 1. The maximum atomic E-state index is 13.4. The van der Waals surface area contributed by atoms with Crippen LogP contribution in [0.2, 0.25) is 0 Å². The van der Waals surface area contributed by atoms with Crippen LogP contribution in [0.1, 0.15) is 68.6 Å². The van der Waals surface area contributed by atoms with Crippen LogP contribution in [0.15, 0.2) is 47.4 Å². The maximum absolute atomic E-state index is 13.4. The van der Waals surface area contributed by atoms with Crippen molar-refractivity contribution in [2.24, 2.45) is 5.41 Å². The van der Waals surface area contributed by atoms with Crippen LogP contribution in [0, 0.1) is 25.1 Å². The average molecular weight is 562 g/mol. The van der Waals surface area contributed by atoms with E-state index in [0.29, 0.717) is 5.41 Å². The molecule has 1 aromatic heterocycles. The van der Waals surface area contributed by atoms with Gasteiger partial charge in [-0.3, -0.25) is 9.78 Å². The molecule has 0 amide bonds. The molecule has 5 rings (SSSR count). The van der Waals surface area contributed by atoms with Crippen LogP contribution < -0.4 is 4.90 Å². The first-order chi connectivity index (χ1) is 19.0. The second kappa shape index (κ2) is 11.5. The van der Waals surface area contributed by atoms with Crippen molar-refractivity contribution in [1.29, 1.82) is 0 Å². The number of fused-ring (bicyclic) bond motifs is 1. The van der Waals surface area contributed by atoms with E-state index in [9.17, 15) is 9.18 Å². The summed E-state index contributed by atoms with van der Waals surface area (Å²) in [5.41, 5.74) is 9.14. The minimum absolute atomic E-state index is 0.155. The van der Waals surface area contributed by atoms with Gasteiger partial charge in [0.2, 0.25) is 0 Å². The number of pyridine rings is 1. The smallest absolute Gasteiger partial charge is 0.310 e. The zero-order valence-corrected chi connectivity index (χ0v) is 25.3. The van der Waals surface area contributed by atoms with Gasteiger partial charge in [0.15, 0.2) is 0 Å². The van der Waals surface area contributed by atoms with Gasteiger partial charge in [-0.15, -0.1) is 0 Å². The largest absolute Gasteiger partial charge is 0.463 e. The minimum atomic E-state index is -0.217. The molecule has 7 heteroatoms. The number of nitrogens with zero attached hydrogens (tertiary/aromatic N) is 3. The highest BCUT2D eigenvalue weighted by molar-refractivity contribution is 7.97. The molecule has 0 bridgehead atoms. The predicted molar refractivity (Wildman–Crippen MR) is 161 cm³/mol. The molecule has 1 saturated heterocycles. The van der Waals surface area contributed by atoms with Crippen molar-refractivity contribution in [3.63, 3.8) is 0 Å². The number of esters is 1. The molecule has 0 spiro atoms. The van der Waals surface area contributed by atoms with Crippen LogP contribution in [0.5, 0.6) is 0 Å². The Morgan fingerprint density at radius 3 is 2.38 bits per heavy atom. The fraction of sp³-hybridized carbons (Fsp3) is 0.455. The molecule has 0 N–H and O–H groups in total. The first-order valence-corrected chi connectivity index (χ1v) is 15.0. The Hall–Kier alpha value is -2.90. The predicted octanol–water partition coefficient (Wildman–Crippen LogP) is 7.65. The average Bonchev–Trinajstić information content (AvgIpc) is 3.28. The van der Waals surface area contributed by atoms with Crippen molar-refractivity contribution in [2.45, 2.75) is 84.9 Å². The van der Waals surface area contributed by atoms with Crippen molar-refractivity contribution in [3.8, 4) is 11.1 Å². The summed E-state index contributed by atoms with van der Waals surface area (Å²) in [5, 5.41) is 0. The summed E-state index contributed by atoms with van der Waals surface area (Å²) >= 11 is 1.66. The van der Waals surface area contributed by atoms with Crippen molar-refractivity contribution >= 4 is 23.6 Å². The van der Waals surface area contributed by atoms with Gasteiger partial charge < -0.3 is 9.64 Å². The summed E-state index contributed by atoms with van der Waals surface area (Å²) in [6, 6.07) is 13.4. The molecule has 2 aliphatic heterocycles. The molecule has 1 fully saturated rings. The van der Waals surface area contributed by atoms with Crippen LogP contribution in [-0.2, 0) is 29.0 Å². The van der Waals surface area contributed by atoms with Gasteiger partial charge in [-0.25, -0.2) is 8.70 Å². The first-order valence-electron chi connectivity index (χ1n) is 14.2. The van der Waals surface area contributed by atoms with E-state index >= 15 is 0 Å². The quantitative estimate of drug-likeness (QED) is 0.218. The van der Waals surface area contributed by atoms with E-state index in [1.165, 1.54) is 23.3 Å². The molecule has 212 valence electrons. The molecule has 3 aromatic rings. The number of piperidine rings is 1. The normalized spacial score (nSPS) is 16.9. The van der Waals surface area contributed by atoms with Crippen LogP contribution in [0.25, 0.3) is 11.1 Å². The molecule has 0 aliphatic carbocycles. The Bertz CT molecular complexity index is 1390. The minimum Gasteiger partial charge on any atom is -0.463 e. The lowest BCUT2D eigenvalue weighted by Gasteiger charge is -2.40. The highest BCUT2D eigenvalue weighted by Gasteiger charge is 2.31. The number of hydrogen-bond donors (Lipinski definition) is 0. The SMILES string of the molecule is Cc1nc(C)c(-c2ccc3c(c2)CN(Sc2ccc(F)cc2)C3)c(N2CCC(C)(C)CC2)c1CC(=O)OC(C)C. The van der Waals surface area contributed by atoms with Gasteiger partial charge in [0, 0.05) is 53.6 Å². The van der Waals surface area contributed by atoms with E-state index < -0.39 is 0 Å². The molecule has 3 heterocycles. The fourth-order valence-corrected chi connectivity index (χ4v) is 6.75. The summed E-state index contributed by atoms with van der Waals surface area (Å²) in [6.45, 7) is 16.1. The second-order valence-electron chi connectivity index (χ2n) is 12.2. The molecule has 40 heavy (non-hydrogen) atoms. The van der Waals surface area contributed by atoms with E-state index in [-0.39, 0.29) is 24.3 Å². The summed E-state index contributed by atoms with van der Waals surface area (Å²) < 4.78 is 21.3. The Kier molecular flexibility index (Phi) is 8.25. The third-order valence-corrected chi connectivity index (χ3v) is 9.01. The van der Waals surface area contributed by atoms with Crippen LogP contribution >= 0.6 is 11.9 Å². The summed E-state index contributed by atoms with van der Waals surface area (Å²) in [6.07, 6.45) is 2.26. The molecule has 2 aromatic carbocycles. The third kappa shape index (κ3) is 6.36. The molecule has 2 aliphatic rings. The zero-order chi connectivity index (χ0) is 28.6. The van der Waals surface area contributed by atoms with Crippen molar-refractivity contribution in [3.05, 3.63) is 76.4 Å². The van der Waals surface area contributed by atoms with E-state index in [1.807, 2.05) is 32.9 Å². The third-order valence-electron chi connectivity index (χ3n) is 8.01. The van der Waals surface area contributed by atoms with Crippen molar-refractivity contribution in [1.82, 2.24) is 9.29 Å². The van der Waals surface area contributed by atoms with Crippen LogP contribution in [-0.4, -0.2) is 34.5 Å². The topological polar surface area (TPSA) is 45.7 Å². The lowest BCUT2D eigenvalue weighted by molar-refractivity contribution is -0.146. The lowest BCUT2D eigenvalue weighted by Crippen LogP contribution is -2.38. The Morgan fingerprint density at radius 2 is 1.70 bits per heavy atom. The number of ether oxygens (including phenoxy) is 1. The van der Waals surface area contributed by atoms with Crippen LogP contribution in [0.3, 0.4) is 0 Å². The number of hydrogen-bond acceptors (Lipinski definition) is 6. The number of aryl methyl sites for hydroxylation is 2. The number of benzene rings is 2. The van der Waals surface area contributed by atoms with E-state index in [0.717, 1.165) is 77.7 Å². The summed E-state index contributed by atoms with van der Waals surface area (Å²) in [5.74, 6) is -0.429. The van der Waals surface area contributed by atoms with Gasteiger partial charge in [-0.05, 0) is 105 Å². The summed E-state index contributed by atoms with van der Waals surface area (Å²) in [4.78, 5) is 21.4. The van der Waals surface area contributed by atoms with Crippen molar-refractivity contribution in [2.75, 3.05) is 18.0 Å². The number of aromatic nitrogens is 1.